The van der Waals surface area contributed by atoms with Gasteiger partial charge in [0.1, 0.15) is 5.82 Å². The molecule has 3 nitrogen and oxygen atoms in total. The largest absolute Gasteiger partial charge is 0.388 e. The molecule has 0 amide bonds. The number of nitrogens with zero attached hydrogens (tertiary/aromatic N) is 2. The number of halogens is 1. The molecule has 0 saturated carbocycles. The normalized spacial score (nSPS) is 26.9. The van der Waals surface area contributed by atoms with Gasteiger partial charge in [0.2, 0.25) is 0 Å². The van der Waals surface area contributed by atoms with E-state index in [-0.39, 0.29) is 0 Å². The minimum absolute atomic E-state index is 0.582. The van der Waals surface area contributed by atoms with Crippen molar-refractivity contribution in [3.8, 4) is 0 Å². The maximum Gasteiger partial charge on any atom is 0.128 e. The van der Waals surface area contributed by atoms with Crippen LogP contribution in [0, 0.1) is 0 Å². The molecule has 0 spiro atoms. The van der Waals surface area contributed by atoms with E-state index in [9.17, 15) is 5.11 Å². The van der Waals surface area contributed by atoms with Crippen LogP contribution in [0.1, 0.15) is 13.3 Å². The summed E-state index contributed by atoms with van der Waals surface area (Å²) in [5, 5.41) is 10.4. The summed E-state index contributed by atoms with van der Waals surface area (Å²) in [7, 11) is 0. The Kier molecular flexibility index (Phi) is 2.37. The fourth-order valence-corrected chi connectivity index (χ4v) is 1.81. The fraction of sp³-hybridized carbons (Fsp3) is 0.500. The van der Waals surface area contributed by atoms with Gasteiger partial charge in [0, 0.05) is 19.3 Å². The highest BCUT2D eigenvalue weighted by Crippen LogP contribution is 2.25. The predicted molar refractivity (Wildman–Crippen MR) is 56.7 cm³/mol. The summed E-state index contributed by atoms with van der Waals surface area (Å²) in [6.07, 6.45) is 2.42. The van der Waals surface area contributed by atoms with E-state index in [1.807, 2.05) is 19.1 Å². The molecular formula is C10H13ClN2O. The average Bonchev–Trinajstić information content (AvgIpc) is 2.47. The molecule has 1 unspecified atom stereocenters. The van der Waals surface area contributed by atoms with Crippen LogP contribution in [0.5, 0.6) is 0 Å². The van der Waals surface area contributed by atoms with Crippen LogP contribution >= 0.6 is 11.6 Å². The van der Waals surface area contributed by atoms with Gasteiger partial charge in [0.25, 0.3) is 0 Å². The van der Waals surface area contributed by atoms with E-state index < -0.39 is 5.60 Å². The third-order valence-corrected chi connectivity index (χ3v) is 2.71. The van der Waals surface area contributed by atoms with Crippen LogP contribution < -0.4 is 4.90 Å². The quantitative estimate of drug-likeness (QED) is 0.770. The first-order chi connectivity index (χ1) is 6.57. The summed E-state index contributed by atoms with van der Waals surface area (Å²) >= 11 is 5.74. The van der Waals surface area contributed by atoms with E-state index in [0.717, 1.165) is 18.8 Å². The zero-order chi connectivity index (χ0) is 10.2. The van der Waals surface area contributed by atoms with Crippen LogP contribution in [0.25, 0.3) is 0 Å². The number of aromatic nitrogens is 1. The Labute approximate surface area is 88.3 Å². The molecule has 0 aromatic carbocycles. The first-order valence-electron chi connectivity index (χ1n) is 4.66. The van der Waals surface area contributed by atoms with Gasteiger partial charge in [-0.2, -0.15) is 0 Å². The molecule has 1 fully saturated rings. The number of pyridine rings is 1. The Morgan fingerprint density at radius 3 is 2.86 bits per heavy atom. The zero-order valence-corrected chi connectivity index (χ0v) is 8.83. The van der Waals surface area contributed by atoms with Gasteiger partial charge < -0.3 is 10.0 Å². The summed E-state index contributed by atoms with van der Waals surface area (Å²) < 4.78 is 0. The van der Waals surface area contributed by atoms with Crippen molar-refractivity contribution < 1.29 is 5.11 Å². The lowest BCUT2D eigenvalue weighted by atomic mass is 10.1. The van der Waals surface area contributed by atoms with Gasteiger partial charge in [-0.25, -0.2) is 4.98 Å². The third kappa shape index (κ3) is 1.99. The molecule has 14 heavy (non-hydrogen) atoms. The number of anilines is 1. The van der Waals surface area contributed by atoms with E-state index in [0.29, 0.717) is 11.6 Å². The molecule has 76 valence electrons. The lowest BCUT2D eigenvalue weighted by Crippen LogP contribution is -2.29. The third-order valence-electron chi connectivity index (χ3n) is 2.49. The maximum atomic E-state index is 9.79. The minimum atomic E-state index is -0.582. The highest BCUT2D eigenvalue weighted by molar-refractivity contribution is 6.30. The molecule has 0 aliphatic carbocycles. The molecule has 1 aliphatic heterocycles. The van der Waals surface area contributed by atoms with Crippen molar-refractivity contribution in [1.29, 1.82) is 0 Å². The van der Waals surface area contributed by atoms with Crippen molar-refractivity contribution in [3.63, 3.8) is 0 Å². The molecule has 1 saturated heterocycles. The van der Waals surface area contributed by atoms with E-state index >= 15 is 0 Å². The smallest absolute Gasteiger partial charge is 0.128 e. The minimum Gasteiger partial charge on any atom is -0.388 e. The van der Waals surface area contributed by atoms with E-state index in [4.69, 9.17) is 11.6 Å². The Morgan fingerprint density at radius 1 is 1.57 bits per heavy atom. The average molecular weight is 213 g/mol. The first kappa shape index (κ1) is 9.74. The van der Waals surface area contributed by atoms with Crippen molar-refractivity contribution in [3.05, 3.63) is 23.4 Å². The molecule has 1 aromatic heterocycles. The monoisotopic (exact) mass is 212 g/mol. The summed E-state index contributed by atoms with van der Waals surface area (Å²) in [6, 6.07) is 3.70. The van der Waals surface area contributed by atoms with Crippen molar-refractivity contribution in [1.82, 2.24) is 4.98 Å². The maximum absolute atomic E-state index is 9.79. The van der Waals surface area contributed by atoms with Gasteiger partial charge in [0.15, 0.2) is 0 Å². The Morgan fingerprint density at radius 2 is 2.36 bits per heavy atom. The summed E-state index contributed by atoms with van der Waals surface area (Å²) in [4.78, 5) is 6.27. The number of hydrogen-bond acceptors (Lipinski definition) is 3. The summed E-state index contributed by atoms with van der Waals surface area (Å²) in [5.74, 6) is 0.882. The molecule has 2 rings (SSSR count). The van der Waals surface area contributed by atoms with Gasteiger partial charge in [-0.05, 0) is 25.5 Å². The molecule has 1 N–H and O–H groups in total. The number of hydrogen-bond donors (Lipinski definition) is 1. The highest BCUT2D eigenvalue weighted by atomic mass is 35.5. The van der Waals surface area contributed by atoms with E-state index in [1.165, 1.54) is 0 Å². The van der Waals surface area contributed by atoms with Crippen LogP contribution in [0.15, 0.2) is 18.3 Å². The molecule has 4 heteroatoms. The molecule has 2 heterocycles. The molecule has 1 atom stereocenters. The van der Waals surface area contributed by atoms with E-state index in [2.05, 4.69) is 9.88 Å². The first-order valence-corrected chi connectivity index (χ1v) is 5.03. The van der Waals surface area contributed by atoms with Gasteiger partial charge in [-0.3, -0.25) is 0 Å². The van der Waals surface area contributed by atoms with Crippen molar-refractivity contribution >= 4 is 17.4 Å². The lowest BCUT2D eigenvalue weighted by Gasteiger charge is -2.19. The molecular weight excluding hydrogens is 200 g/mol. The second-order valence-corrected chi connectivity index (χ2v) is 4.44. The van der Waals surface area contributed by atoms with Crippen LogP contribution in [-0.4, -0.2) is 28.8 Å². The number of aliphatic hydroxyl groups is 1. The van der Waals surface area contributed by atoms with Crippen molar-refractivity contribution in [2.24, 2.45) is 0 Å². The molecule has 1 aliphatic rings. The Bertz CT molecular complexity index is 323. The second kappa shape index (κ2) is 3.41. The number of β-amino-alcohol motifs (C(OH)–C–C–N with tert-alkyl or cyclic N) is 1. The lowest BCUT2D eigenvalue weighted by molar-refractivity contribution is 0.0839. The van der Waals surface area contributed by atoms with Crippen LogP contribution in [0.2, 0.25) is 5.02 Å². The topological polar surface area (TPSA) is 36.4 Å². The van der Waals surface area contributed by atoms with E-state index in [1.54, 1.807) is 6.20 Å². The second-order valence-electron chi connectivity index (χ2n) is 4.00. The Hall–Kier alpha value is -0.800. The van der Waals surface area contributed by atoms with Gasteiger partial charge in [-0.15, -0.1) is 0 Å². The van der Waals surface area contributed by atoms with Crippen LogP contribution in [-0.2, 0) is 0 Å². The van der Waals surface area contributed by atoms with Gasteiger partial charge in [-0.1, -0.05) is 11.6 Å². The molecule has 1 aromatic rings. The van der Waals surface area contributed by atoms with Crippen LogP contribution in [0.3, 0.4) is 0 Å². The zero-order valence-electron chi connectivity index (χ0n) is 8.07. The molecule has 0 bridgehead atoms. The predicted octanol–water partition coefficient (Wildman–Crippen LogP) is 1.70. The van der Waals surface area contributed by atoms with Gasteiger partial charge >= 0.3 is 0 Å². The fourth-order valence-electron chi connectivity index (χ4n) is 1.70. The summed E-state index contributed by atoms with van der Waals surface area (Å²) in [5.41, 5.74) is -0.582. The number of rotatable bonds is 1. The standard InChI is InChI=1S/C10H13ClN2O/c1-10(14)4-5-13(7-10)9-3-2-8(11)6-12-9/h2-3,6,14H,4-5,7H2,1H3. The summed E-state index contributed by atoms with van der Waals surface area (Å²) in [6.45, 7) is 3.34. The van der Waals surface area contributed by atoms with Crippen molar-refractivity contribution in [2.45, 2.75) is 18.9 Å². The Balaban J connectivity index is 2.14. The molecule has 0 radical (unpaired) electrons. The van der Waals surface area contributed by atoms with Crippen LogP contribution in [0.4, 0.5) is 5.82 Å². The van der Waals surface area contributed by atoms with Crippen molar-refractivity contribution in [2.75, 3.05) is 18.0 Å². The highest BCUT2D eigenvalue weighted by Gasteiger charge is 2.31. The SMILES string of the molecule is CC1(O)CCN(c2ccc(Cl)cn2)C1. The van der Waals surface area contributed by atoms with Gasteiger partial charge in [0.05, 0.1) is 10.6 Å².